The first-order chi connectivity index (χ1) is 4.12. The fourth-order valence-electron chi connectivity index (χ4n) is 0.164. The van der Waals surface area contributed by atoms with Crippen LogP contribution >= 0.6 is 0 Å². The predicted molar refractivity (Wildman–Crippen MR) is 35.1 cm³/mol. The zero-order chi connectivity index (χ0) is 7.33. The third kappa shape index (κ3) is 6.43. The van der Waals surface area contributed by atoms with Crippen LogP contribution in [0.25, 0.3) is 0 Å². The second kappa shape index (κ2) is 6.05. The van der Waals surface area contributed by atoms with E-state index in [1.54, 1.807) is 0 Å². The van der Waals surface area contributed by atoms with Crippen LogP contribution in [0.1, 0.15) is 15.3 Å². The Morgan fingerprint density at radius 3 is 2.40 bits per heavy atom. The summed E-state index contributed by atoms with van der Waals surface area (Å²) in [5.41, 5.74) is 0. The molecule has 0 N–H and O–H groups in total. The fourth-order valence-corrected chi connectivity index (χ4v) is 0.492. The van der Waals surface area contributed by atoms with Crippen LogP contribution in [0.5, 0.6) is 0 Å². The zero-order valence-electron chi connectivity index (χ0n) is 7.34. The normalized spacial score (nSPS) is 8.60. The minimum absolute atomic E-state index is 0. The summed E-state index contributed by atoms with van der Waals surface area (Å²) in [4.78, 5) is 0. The topological polar surface area (TPSA) is 43.4 Å². The molecule has 0 aromatic heterocycles. The first-order valence-corrected chi connectivity index (χ1v) is 4.03. The van der Waals surface area contributed by atoms with Crippen LogP contribution < -0.4 is 29.6 Å². The molecule has 0 radical (unpaired) electrons. The largest absolute Gasteiger partial charge is 1.00 e. The van der Waals surface area contributed by atoms with Crippen molar-refractivity contribution in [1.82, 2.24) is 0 Å². The van der Waals surface area contributed by atoms with Gasteiger partial charge in [0.1, 0.15) is 6.11 Å². The Morgan fingerprint density at radius 1 is 1.60 bits per heavy atom. The Kier molecular flexibility index (Phi) is 7.83. The third-order valence-electron chi connectivity index (χ3n) is 0.624. The average molecular weight is 172 g/mol. The van der Waals surface area contributed by atoms with Crippen LogP contribution in [-0.4, -0.2) is 14.2 Å². The molecule has 10 heavy (non-hydrogen) atoms. The van der Waals surface area contributed by atoms with Gasteiger partial charge in [0.2, 0.25) is 0 Å². The van der Waals surface area contributed by atoms with E-state index in [1.807, 2.05) is 6.11 Å². The standard InChI is InChI=1S/C5H8O3S.Na.H/c1-3-5-8-9(6,7)4-2;;/h4H2,1-2H3;;/q;+1;-1. The van der Waals surface area contributed by atoms with Gasteiger partial charge in [0.25, 0.3) is 0 Å². The van der Waals surface area contributed by atoms with E-state index in [-0.39, 0.29) is 36.7 Å². The van der Waals surface area contributed by atoms with Gasteiger partial charge in [-0.05, 0) is 6.92 Å². The maximum atomic E-state index is 10.4. The van der Waals surface area contributed by atoms with Gasteiger partial charge in [-0.2, -0.15) is 8.42 Å². The number of rotatable bonds is 2. The van der Waals surface area contributed by atoms with Gasteiger partial charge in [-0.25, -0.2) is 0 Å². The molecule has 0 spiro atoms. The molecule has 0 unspecified atom stereocenters. The summed E-state index contributed by atoms with van der Waals surface area (Å²) in [5, 5.41) is 0. The third-order valence-corrected chi connectivity index (χ3v) is 1.67. The van der Waals surface area contributed by atoms with Gasteiger partial charge in [-0.15, -0.1) is 0 Å². The van der Waals surface area contributed by atoms with Crippen LogP contribution in [0.15, 0.2) is 0 Å². The van der Waals surface area contributed by atoms with Gasteiger partial charge < -0.3 is 5.61 Å². The molecule has 0 aromatic rings. The second-order valence-corrected chi connectivity index (χ2v) is 3.14. The van der Waals surface area contributed by atoms with Crippen LogP contribution in [0.4, 0.5) is 0 Å². The van der Waals surface area contributed by atoms with Crippen LogP contribution in [0, 0.1) is 12.0 Å². The van der Waals surface area contributed by atoms with E-state index in [0.29, 0.717) is 0 Å². The molecule has 0 saturated carbocycles. The summed E-state index contributed by atoms with van der Waals surface area (Å²) < 4.78 is 25.0. The minimum Gasteiger partial charge on any atom is -1.00 e. The van der Waals surface area contributed by atoms with Crippen molar-refractivity contribution in [2.24, 2.45) is 0 Å². The first-order valence-electron chi connectivity index (χ1n) is 2.45. The molecule has 0 fully saturated rings. The summed E-state index contributed by atoms with van der Waals surface area (Å²) in [5.74, 6) is 2.27. The Morgan fingerprint density at radius 2 is 2.10 bits per heavy atom. The van der Waals surface area contributed by atoms with Crippen molar-refractivity contribution >= 4 is 10.1 Å². The van der Waals surface area contributed by atoms with Crippen LogP contribution in [0.2, 0.25) is 0 Å². The van der Waals surface area contributed by atoms with Gasteiger partial charge in [0, 0.05) is 6.92 Å². The summed E-state index contributed by atoms with van der Waals surface area (Å²) in [6.07, 6.45) is 2.00. The molecule has 0 heterocycles. The van der Waals surface area contributed by atoms with Crippen molar-refractivity contribution in [3.8, 4) is 12.0 Å². The molecule has 0 aliphatic rings. The van der Waals surface area contributed by atoms with Crippen molar-refractivity contribution in [3.63, 3.8) is 0 Å². The number of hydrogen-bond acceptors (Lipinski definition) is 3. The average Bonchev–Trinajstić information content (AvgIpc) is 1.84. The van der Waals surface area contributed by atoms with E-state index in [0.717, 1.165) is 0 Å². The molecule has 0 saturated heterocycles. The van der Waals surface area contributed by atoms with E-state index >= 15 is 0 Å². The summed E-state index contributed by atoms with van der Waals surface area (Å²) in [6.45, 7) is 3.00. The summed E-state index contributed by atoms with van der Waals surface area (Å²) in [6, 6.07) is 0. The smallest absolute Gasteiger partial charge is 1.00 e. The quantitative estimate of drug-likeness (QED) is 0.262. The summed E-state index contributed by atoms with van der Waals surface area (Å²) >= 11 is 0. The summed E-state index contributed by atoms with van der Waals surface area (Å²) in [7, 11) is -3.36. The van der Waals surface area contributed by atoms with E-state index < -0.39 is 10.1 Å². The Balaban J connectivity index is -0.000000320. The predicted octanol–water partition coefficient (Wildman–Crippen LogP) is -2.55. The van der Waals surface area contributed by atoms with Crippen LogP contribution in [0.3, 0.4) is 0 Å². The molecule has 0 atom stereocenters. The maximum absolute atomic E-state index is 10.4. The van der Waals surface area contributed by atoms with Gasteiger partial charge >= 0.3 is 39.7 Å². The molecule has 0 aromatic carbocycles. The van der Waals surface area contributed by atoms with Gasteiger partial charge in [0.15, 0.2) is 0 Å². The van der Waals surface area contributed by atoms with E-state index in [2.05, 4.69) is 10.1 Å². The molecule has 0 rings (SSSR count). The van der Waals surface area contributed by atoms with Gasteiger partial charge in [-0.3, -0.25) is 0 Å². The molecule has 54 valence electrons. The van der Waals surface area contributed by atoms with Gasteiger partial charge in [0.05, 0.1) is 5.75 Å². The zero-order valence-corrected chi connectivity index (χ0v) is 9.16. The molecular weight excluding hydrogens is 163 g/mol. The molecular formula is C5H9NaO3S. The van der Waals surface area contributed by atoms with Crippen molar-refractivity contribution < 1.29 is 43.6 Å². The van der Waals surface area contributed by atoms with Crippen molar-refractivity contribution in [2.45, 2.75) is 13.8 Å². The van der Waals surface area contributed by atoms with E-state index in [4.69, 9.17) is 0 Å². The Bertz CT molecular complexity index is 226. The fraction of sp³-hybridized carbons (Fsp3) is 0.600. The second-order valence-electron chi connectivity index (χ2n) is 1.28. The van der Waals surface area contributed by atoms with E-state index in [1.165, 1.54) is 13.8 Å². The van der Waals surface area contributed by atoms with Crippen molar-refractivity contribution in [1.29, 1.82) is 0 Å². The van der Waals surface area contributed by atoms with Gasteiger partial charge in [-0.1, -0.05) is 5.92 Å². The molecule has 3 nitrogen and oxygen atoms in total. The molecule has 5 heteroatoms. The van der Waals surface area contributed by atoms with E-state index in [9.17, 15) is 8.42 Å². The first kappa shape index (κ1) is 12.9. The number of hydrogen-bond donors (Lipinski definition) is 0. The van der Waals surface area contributed by atoms with Crippen LogP contribution in [-0.2, 0) is 14.3 Å². The molecule has 0 aliphatic heterocycles. The Hall–Kier alpha value is 0.310. The van der Waals surface area contributed by atoms with Crippen molar-refractivity contribution in [3.05, 3.63) is 0 Å². The minimum atomic E-state index is -3.36. The van der Waals surface area contributed by atoms with Crippen molar-refractivity contribution in [2.75, 3.05) is 5.75 Å². The molecule has 0 bridgehead atoms. The molecule has 0 amide bonds. The SMILES string of the molecule is CC#COS(=O)(=O)CC.[H-].[Na+]. The Labute approximate surface area is 85.0 Å². The monoisotopic (exact) mass is 172 g/mol. The molecule has 0 aliphatic carbocycles. The maximum Gasteiger partial charge on any atom is 1.00 e.